The third kappa shape index (κ3) is 2.71. The van der Waals surface area contributed by atoms with E-state index in [2.05, 4.69) is 4.74 Å². The van der Waals surface area contributed by atoms with E-state index in [1.165, 1.54) is 6.08 Å². The molecular weight excluding hydrogens is 248 g/mol. The number of hydrogen-bond acceptors (Lipinski definition) is 5. The Bertz CT molecular complexity index is 556. The van der Waals surface area contributed by atoms with E-state index in [0.29, 0.717) is 0 Å². The Hall–Kier alpha value is -2.40. The van der Waals surface area contributed by atoms with E-state index < -0.39 is 35.8 Å². The van der Waals surface area contributed by atoms with Gasteiger partial charge in [-0.1, -0.05) is 36.4 Å². The fourth-order valence-corrected chi connectivity index (χ4v) is 1.68. The third-order valence-corrected chi connectivity index (χ3v) is 2.65. The molecule has 0 radical (unpaired) electrons. The Balaban J connectivity index is 2.25. The molecule has 19 heavy (non-hydrogen) atoms. The van der Waals surface area contributed by atoms with Crippen molar-refractivity contribution in [3.8, 4) is 0 Å². The average Bonchev–Trinajstić information content (AvgIpc) is 2.72. The normalized spacial score (nSPS) is 21.8. The van der Waals surface area contributed by atoms with Gasteiger partial charge in [0, 0.05) is 0 Å². The second-order valence-corrected chi connectivity index (χ2v) is 3.95. The molecule has 1 aromatic rings. The molecule has 2 N–H and O–H groups in total. The molecule has 0 unspecified atom stereocenters. The van der Waals surface area contributed by atoms with Crippen molar-refractivity contribution in [3.05, 3.63) is 53.3 Å². The minimum Gasteiger partial charge on any atom is -0.507 e. The van der Waals surface area contributed by atoms with Crippen LogP contribution in [-0.2, 0) is 14.3 Å². The maximum absolute atomic E-state index is 11.6. The molecule has 1 aliphatic heterocycles. The van der Waals surface area contributed by atoms with Crippen molar-refractivity contribution in [2.75, 3.05) is 6.61 Å². The van der Waals surface area contributed by atoms with Gasteiger partial charge in [0.05, 0.1) is 6.61 Å². The van der Waals surface area contributed by atoms with Crippen LogP contribution in [0.5, 0.6) is 0 Å². The van der Waals surface area contributed by atoms with Gasteiger partial charge in [-0.2, -0.15) is 0 Å². The van der Waals surface area contributed by atoms with Crippen molar-refractivity contribution in [3.63, 3.8) is 0 Å². The molecule has 5 nitrogen and oxygen atoms in total. The van der Waals surface area contributed by atoms with Crippen LogP contribution in [0, 0.1) is 0 Å². The van der Waals surface area contributed by atoms with Crippen LogP contribution in [0.3, 0.4) is 0 Å². The lowest BCUT2D eigenvalue weighted by Gasteiger charge is -1.99. The summed E-state index contributed by atoms with van der Waals surface area (Å²) in [6, 6.07) is 9.10. The molecular formula is C14H12O5. The number of carbonyl (C=O) groups is 2. The maximum atomic E-state index is 11.6. The monoisotopic (exact) mass is 260 g/mol. The summed E-state index contributed by atoms with van der Waals surface area (Å²) in [7, 11) is 0. The van der Waals surface area contributed by atoms with E-state index in [4.69, 9.17) is 5.11 Å². The molecule has 1 saturated heterocycles. The Morgan fingerprint density at radius 1 is 1.26 bits per heavy atom. The number of esters is 1. The van der Waals surface area contributed by atoms with Crippen molar-refractivity contribution in [2.24, 2.45) is 0 Å². The molecule has 1 aromatic carbocycles. The predicted octanol–water partition coefficient (Wildman–Crippen LogP) is 0.999. The highest BCUT2D eigenvalue weighted by Gasteiger charge is 2.40. The van der Waals surface area contributed by atoms with Gasteiger partial charge in [0.2, 0.25) is 5.78 Å². The molecule has 0 amide bonds. The maximum Gasteiger partial charge on any atom is 0.346 e. The van der Waals surface area contributed by atoms with Crippen LogP contribution in [0.25, 0.3) is 6.08 Å². The number of allylic oxidation sites excluding steroid dienone is 1. The second-order valence-electron chi connectivity index (χ2n) is 3.95. The Labute approximate surface area is 109 Å². The molecule has 0 spiro atoms. The Kier molecular flexibility index (Phi) is 3.77. The summed E-state index contributed by atoms with van der Waals surface area (Å²) in [5.74, 6) is -2.09. The molecule has 2 rings (SSSR count). The Morgan fingerprint density at radius 2 is 1.95 bits per heavy atom. The van der Waals surface area contributed by atoms with E-state index in [1.807, 2.05) is 18.2 Å². The van der Waals surface area contributed by atoms with Gasteiger partial charge in [0.1, 0.15) is 11.3 Å². The number of Topliss-reactive ketones (excluding diaryl/α,β-unsaturated/α-hetero) is 1. The number of aliphatic hydroxyl groups excluding tert-OH is 2. The summed E-state index contributed by atoms with van der Waals surface area (Å²) in [6.45, 7) is -0.593. The largest absolute Gasteiger partial charge is 0.507 e. The van der Waals surface area contributed by atoms with Crippen LogP contribution >= 0.6 is 0 Å². The number of carbonyl (C=O) groups excluding carboxylic acids is 2. The minimum atomic E-state index is -1.21. The second kappa shape index (κ2) is 5.49. The highest BCUT2D eigenvalue weighted by atomic mass is 16.6. The molecule has 1 aliphatic rings. The number of rotatable bonds is 3. The molecule has 5 heteroatoms. The fraction of sp³-hybridized carbons (Fsp3) is 0.143. The molecule has 0 saturated carbocycles. The van der Waals surface area contributed by atoms with Crippen molar-refractivity contribution in [2.45, 2.75) is 6.10 Å². The first-order chi connectivity index (χ1) is 9.13. The lowest BCUT2D eigenvalue weighted by molar-refractivity contribution is -0.142. The zero-order valence-electron chi connectivity index (χ0n) is 9.95. The molecule has 0 aliphatic carbocycles. The first-order valence-corrected chi connectivity index (χ1v) is 5.66. The van der Waals surface area contributed by atoms with Gasteiger partial charge in [0.15, 0.2) is 6.10 Å². The summed E-state index contributed by atoms with van der Waals surface area (Å²) >= 11 is 0. The van der Waals surface area contributed by atoms with Crippen LogP contribution in [-0.4, -0.2) is 34.7 Å². The number of ketones is 1. The van der Waals surface area contributed by atoms with E-state index in [1.54, 1.807) is 18.2 Å². The predicted molar refractivity (Wildman–Crippen MR) is 67.1 cm³/mol. The number of cyclic esters (lactones) is 1. The van der Waals surface area contributed by atoms with Crippen LogP contribution in [0.2, 0.25) is 0 Å². The van der Waals surface area contributed by atoms with Gasteiger partial charge >= 0.3 is 5.97 Å². The van der Waals surface area contributed by atoms with Crippen molar-refractivity contribution in [1.82, 2.24) is 0 Å². The molecule has 98 valence electrons. The SMILES string of the molecule is O=C1O[C@H](CO)C(=O)/C1=C(O)/C=C/c1ccccc1. The van der Waals surface area contributed by atoms with E-state index in [-0.39, 0.29) is 0 Å². The van der Waals surface area contributed by atoms with Gasteiger partial charge < -0.3 is 14.9 Å². The van der Waals surface area contributed by atoms with Crippen molar-refractivity contribution in [1.29, 1.82) is 0 Å². The molecule has 0 bridgehead atoms. The fourth-order valence-electron chi connectivity index (χ4n) is 1.68. The highest BCUT2D eigenvalue weighted by molar-refractivity contribution is 6.24. The summed E-state index contributed by atoms with van der Waals surface area (Å²) in [6.07, 6.45) is 1.61. The number of hydrogen-bond donors (Lipinski definition) is 2. The summed E-state index contributed by atoms with van der Waals surface area (Å²) in [5.41, 5.74) is 0.387. The molecule has 1 atom stereocenters. The summed E-state index contributed by atoms with van der Waals surface area (Å²) in [4.78, 5) is 23.0. The average molecular weight is 260 g/mol. The highest BCUT2D eigenvalue weighted by Crippen LogP contribution is 2.20. The zero-order chi connectivity index (χ0) is 13.8. The standard InChI is InChI=1S/C14H12O5/c15-8-11-13(17)12(14(18)19-11)10(16)7-6-9-4-2-1-3-5-9/h1-7,11,15-16H,8H2/b7-6+,12-10+/t11-/m1/s1. The first kappa shape index (κ1) is 13.0. The first-order valence-electron chi connectivity index (χ1n) is 5.66. The van der Waals surface area contributed by atoms with Gasteiger partial charge in [-0.25, -0.2) is 4.79 Å². The van der Waals surface area contributed by atoms with E-state index in [9.17, 15) is 14.7 Å². The van der Waals surface area contributed by atoms with Crippen molar-refractivity contribution >= 4 is 17.8 Å². The summed E-state index contributed by atoms with van der Waals surface area (Å²) < 4.78 is 4.62. The molecule has 1 fully saturated rings. The van der Waals surface area contributed by atoms with Crippen LogP contribution in [0.1, 0.15) is 5.56 Å². The van der Waals surface area contributed by atoms with Gasteiger partial charge in [0.25, 0.3) is 0 Å². The zero-order valence-corrected chi connectivity index (χ0v) is 9.95. The van der Waals surface area contributed by atoms with Gasteiger partial charge in [-0.3, -0.25) is 4.79 Å². The van der Waals surface area contributed by atoms with Crippen LogP contribution in [0.15, 0.2) is 47.7 Å². The molecule has 0 aromatic heterocycles. The van der Waals surface area contributed by atoms with Gasteiger partial charge in [-0.05, 0) is 11.6 Å². The molecule has 1 heterocycles. The minimum absolute atomic E-state index is 0.425. The summed E-state index contributed by atoms with van der Waals surface area (Å²) in [5, 5.41) is 18.6. The number of benzene rings is 1. The van der Waals surface area contributed by atoms with Crippen LogP contribution < -0.4 is 0 Å². The topological polar surface area (TPSA) is 83.8 Å². The lowest BCUT2D eigenvalue weighted by Crippen LogP contribution is -2.20. The van der Waals surface area contributed by atoms with Crippen LogP contribution in [0.4, 0.5) is 0 Å². The smallest absolute Gasteiger partial charge is 0.346 e. The van der Waals surface area contributed by atoms with E-state index >= 15 is 0 Å². The van der Waals surface area contributed by atoms with Crippen molar-refractivity contribution < 1.29 is 24.5 Å². The van der Waals surface area contributed by atoms with Gasteiger partial charge in [-0.15, -0.1) is 0 Å². The Morgan fingerprint density at radius 3 is 2.53 bits per heavy atom. The lowest BCUT2D eigenvalue weighted by atomic mass is 10.1. The number of aliphatic hydroxyl groups is 2. The third-order valence-electron chi connectivity index (χ3n) is 2.65. The quantitative estimate of drug-likeness (QED) is 0.366. The number of ether oxygens (including phenoxy) is 1. The van der Waals surface area contributed by atoms with E-state index in [0.717, 1.165) is 5.56 Å².